The molecule has 0 radical (unpaired) electrons. The highest BCUT2D eigenvalue weighted by atomic mass is 35.5. The zero-order valence-corrected chi connectivity index (χ0v) is 9.78. The first-order chi connectivity index (χ1) is 7.77. The molecule has 1 aromatic rings. The SMILES string of the molecule is C#CCN(CCc1ccccc1)C(=O)CCl. The van der Waals surface area contributed by atoms with Gasteiger partial charge in [-0.1, -0.05) is 36.3 Å². The molecule has 0 aliphatic rings. The van der Waals surface area contributed by atoms with Crippen molar-refractivity contribution in [1.29, 1.82) is 0 Å². The van der Waals surface area contributed by atoms with Gasteiger partial charge < -0.3 is 4.90 Å². The van der Waals surface area contributed by atoms with Crippen molar-refractivity contribution in [1.82, 2.24) is 4.90 Å². The summed E-state index contributed by atoms with van der Waals surface area (Å²) in [5.74, 6) is 2.33. The molecule has 2 nitrogen and oxygen atoms in total. The normalized spacial score (nSPS) is 9.50. The highest BCUT2D eigenvalue weighted by Gasteiger charge is 2.10. The number of nitrogens with zero attached hydrogens (tertiary/aromatic N) is 1. The van der Waals surface area contributed by atoms with E-state index in [2.05, 4.69) is 5.92 Å². The third-order valence-electron chi connectivity index (χ3n) is 2.26. The molecule has 0 aromatic heterocycles. The molecule has 0 bridgehead atoms. The Balaban J connectivity index is 2.51. The highest BCUT2D eigenvalue weighted by molar-refractivity contribution is 6.27. The number of rotatable bonds is 5. The largest absolute Gasteiger partial charge is 0.330 e. The summed E-state index contributed by atoms with van der Waals surface area (Å²) in [5, 5.41) is 0. The Morgan fingerprint density at radius 2 is 2.06 bits per heavy atom. The minimum atomic E-state index is -0.115. The van der Waals surface area contributed by atoms with Crippen molar-refractivity contribution < 1.29 is 4.79 Å². The van der Waals surface area contributed by atoms with Gasteiger partial charge in [-0.3, -0.25) is 4.79 Å². The average molecular weight is 236 g/mol. The quantitative estimate of drug-likeness (QED) is 0.564. The van der Waals surface area contributed by atoms with Gasteiger partial charge in [-0.05, 0) is 12.0 Å². The molecular formula is C13H14ClNO. The van der Waals surface area contributed by atoms with E-state index in [0.717, 1.165) is 6.42 Å². The molecule has 0 heterocycles. The Morgan fingerprint density at radius 3 is 2.62 bits per heavy atom. The van der Waals surface area contributed by atoms with Gasteiger partial charge in [0.1, 0.15) is 5.88 Å². The van der Waals surface area contributed by atoms with E-state index in [9.17, 15) is 4.79 Å². The number of terminal acetylenes is 1. The van der Waals surface area contributed by atoms with Crippen molar-refractivity contribution in [2.24, 2.45) is 0 Å². The zero-order valence-electron chi connectivity index (χ0n) is 9.03. The van der Waals surface area contributed by atoms with Crippen LogP contribution in [-0.2, 0) is 11.2 Å². The molecule has 0 spiro atoms. The number of halogens is 1. The standard InChI is InChI=1S/C13H14ClNO/c1-2-9-15(13(16)11-14)10-8-12-6-4-3-5-7-12/h1,3-7H,8-11H2. The van der Waals surface area contributed by atoms with Gasteiger partial charge >= 0.3 is 0 Å². The maximum Gasteiger partial charge on any atom is 0.238 e. The zero-order chi connectivity index (χ0) is 11.8. The van der Waals surface area contributed by atoms with Gasteiger partial charge in [-0.25, -0.2) is 0 Å². The Bertz CT molecular complexity index is 369. The van der Waals surface area contributed by atoms with Gasteiger partial charge in [0.05, 0.1) is 6.54 Å². The van der Waals surface area contributed by atoms with E-state index in [1.807, 2.05) is 30.3 Å². The van der Waals surface area contributed by atoms with E-state index in [1.54, 1.807) is 4.90 Å². The average Bonchev–Trinajstić information content (AvgIpc) is 2.34. The number of hydrogen-bond donors (Lipinski definition) is 0. The van der Waals surface area contributed by atoms with Crippen LogP contribution in [0.5, 0.6) is 0 Å². The summed E-state index contributed by atoms with van der Waals surface area (Å²) in [6, 6.07) is 9.97. The Hall–Kier alpha value is -1.46. The summed E-state index contributed by atoms with van der Waals surface area (Å²) in [5.41, 5.74) is 1.19. The van der Waals surface area contributed by atoms with Gasteiger partial charge in [0, 0.05) is 6.54 Å². The van der Waals surface area contributed by atoms with Crippen LogP contribution in [-0.4, -0.2) is 29.8 Å². The summed E-state index contributed by atoms with van der Waals surface area (Å²) >= 11 is 5.50. The predicted molar refractivity (Wildman–Crippen MR) is 66.3 cm³/mol. The molecule has 0 fully saturated rings. The second-order valence-electron chi connectivity index (χ2n) is 3.39. The van der Waals surface area contributed by atoms with Crippen LogP contribution in [0, 0.1) is 12.3 Å². The molecule has 0 saturated heterocycles. The van der Waals surface area contributed by atoms with Crippen molar-refractivity contribution in [3.8, 4) is 12.3 Å². The fourth-order valence-corrected chi connectivity index (χ4v) is 1.56. The van der Waals surface area contributed by atoms with Crippen molar-refractivity contribution >= 4 is 17.5 Å². The molecule has 0 aliphatic heterocycles. The molecule has 0 aliphatic carbocycles. The minimum absolute atomic E-state index is 0.0174. The van der Waals surface area contributed by atoms with Crippen LogP contribution in [0.3, 0.4) is 0 Å². The molecule has 16 heavy (non-hydrogen) atoms. The van der Waals surface area contributed by atoms with E-state index in [4.69, 9.17) is 18.0 Å². The molecule has 0 atom stereocenters. The highest BCUT2D eigenvalue weighted by Crippen LogP contribution is 2.02. The van der Waals surface area contributed by atoms with E-state index in [-0.39, 0.29) is 11.8 Å². The van der Waals surface area contributed by atoms with E-state index in [0.29, 0.717) is 13.1 Å². The van der Waals surface area contributed by atoms with E-state index < -0.39 is 0 Å². The second kappa shape index (κ2) is 6.92. The smallest absolute Gasteiger partial charge is 0.238 e. The van der Waals surface area contributed by atoms with Gasteiger partial charge in [-0.2, -0.15) is 0 Å². The fourth-order valence-electron chi connectivity index (χ4n) is 1.40. The number of hydrogen-bond acceptors (Lipinski definition) is 1. The third kappa shape index (κ3) is 3.96. The van der Waals surface area contributed by atoms with Crippen LogP contribution in [0.25, 0.3) is 0 Å². The van der Waals surface area contributed by atoms with Crippen molar-refractivity contribution in [2.75, 3.05) is 19.0 Å². The topological polar surface area (TPSA) is 20.3 Å². The van der Waals surface area contributed by atoms with Crippen LogP contribution in [0.4, 0.5) is 0 Å². The van der Waals surface area contributed by atoms with Gasteiger partial charge in [0.15, 0.2) is 0 Å². The van der Waals surface area contributed by atoms with Gasteiger partial charge in [-0.15, -0.1) is 18.0 Å². The summed E-state index contributed by atoms with van der Waals surface area (Å²) in [7, 11) is 0. The Kier molecular flexibility index (Phi) is 5.45. The summed E-state index contributed by atoms with van der Waals surface area (Å²) < 4.78 is 0. The van der Waals surface area contributed by atoms with Crippen molar-refractivity contribution in [3.05, 3.63) is 35.9 Å². The lowest BCUT2D eigenvalue weighted by Gasteiger charge is -2.18. The fraction of sp³-hybridized carbons (Fsp3) is 0.308. The van der Waals surface area contributed by atoms with Crippen molar-refractivity contribution in [3.63, 3.8) is 0 Å². The molecular weight excluding hydrogens is 222 g/mol. The predicted octanol–water partition coefficient (Wildman–Crippen LogP) is 1.93. The van der Waals surface area contributed by atoms with Crippen LogP contribution in [0.15, 0.2) is 30.3 Å². The van der Waals surface area contributed by atoms with E-state index >= 15 is 0 Å². The number of amides is 1. The van der Waals surface area contributed by atoms with Crippen molar-refractivity contribution in [2.45, 2.75) is 6.42 Å². The second-order valence-corrected chi connectivity index (χ2v) is 3.66. The molecule has 0 saturated carbocycles. The van der Waals surface area contributed by atoms with Gasteiger partial charge in [0.2, 0.25) is 5.91 Å². The maximum atomic E-state index is 11.4. The monoisotopic (exact) mass is 235 g/mol. The number of carbonyl (C=O) groups is 1. The first kappa shape index (κ1) is 12.6. The molecule has 3 heteroatoms. The number of carbonyl (C=O) groups excluding carboxylic acids is 1. The lowest BCUT2D eigenvalue weighted by atomic mass is 10.1. The Labute approximate surface area is 101 Å². The molecule has 1 amide bonds. The van der Waals surface area contributed by atoms with Crippen LogP contribution in [0.2, 0.25) is 0 Å². The molecule has 1 aromatic carbocycles. The molecule has 84 valence electrons. The summed E-state index contributed by atoms with van der Waals surface area (Å²) in [6.45, 7) is 0.929. The van der Waals surface area contributed by atoms with Gasteiger partial charge in [0.25, 0.3) is 0 Å². The molecule has 0 N–H and O–H groups in total. The van der Waals surface area contributed by atoms with Crippen LogP contribution >= 0.6 is 11.6 Å². The maximum absolute atomic E-state index is 11.4. The molecule has 0 unspecified atom stereocenters. The summed E-state index contributed by atoms with van der Waals surface area (Å²) in [6.07, 6.45) is 6.00. The number of benzene rings is 1. The Morgan fingerprint density at radius 1 is 1.38 bits per heavy atom. The number of alkyl halides is 1. The van der Waals surface area contributed by atoms with Crippen LogP contribution in [0.1, 0.15) is 5.56 Å². The summed E-state index contributed by atoms with van der Waals surface area (Å²) in [4.78, 5) is 13.0. The minimum Gasteiger partial charge on any atom is -0.330 e. The van der Waals surface area contributed by atoms with Crippen LogP contribution < -0.4 is 0 Å². The third-order valence-corrected chi connectivity index (χ3v) is 2.49. The molecule has 1 rings (SSSR count). The lowest BCUT2D eigenvalue weighted by molar-refractivity contribution is -0.127. The lowest BCUT2D eigenvalue weighted by Crippen LogP contribution is -2.34. The first-order valence-corrected chi connectivity index (χ1v) is 5.62. The first-order valence-electron chi connectivity index (χ1n) is 5.09. The van der Waals surface area contributed by atoms with E-state index in [1.165, 1.54) is 5.56 Å².